The molecular weight excluding hydrogens is 547 g/mol. The predicted octanol–water partition coefficient (Wildman–Crippen LogP) is 5.88. The lowest BCUT2D eigenvalue weighted by Crippen LogP contribution is -2.50. The number of nitrogens with zero attached hydrogens (tertiary/aromatic N) is 4. The van der Waals surface area contributed by atoms with Crippen LogP contribution in [0.15, 0.2) is 53.6 Å². The number of nitrogens with one attached hydrogen (secondary N) is 1. The molecule has 1 N–H and O–H groups in total. The lowest BCUT2D eigenvalue weighted by Gasteiger charge is -2.34. The minimum Gasteiger partial charge on any atom is -0.322 e. The number of nitriles is 1. The molecule has 222 valence electrons. The topological polar surface area (TPSA) is 96.8 Å². The van der Waals surface area contributed by atoms with Crippen molar-refractivity contribution in [3.63, 3.8) is 0 Å². The van der Waals surface area contributed by atoms with Crippen LogP contribution < -0.4 is 10.2 Å². The summed E-state index contributed by atoms with van der Waals surface area (Å²) in [6.45, 7) is 7.30. The van der Waals surface area contributed by atoms with Gasteiger partial charge in [0.2, 0.25) is 0 Å². The van der Waals surface area contributed by atoms with E-state index in [1.165, 1.54) is 19.1 Å². The van der Waals surface area contributed by atoms with Crippen LogP contribution in [-0.4, -0.2) is 60.4 Å². The van der Waals surface area contributed by atoms with Crippen LogP contribution in [0, 0.1) is 18.3 Å². The molecule has 0 saturated carbocycles. The zero-order valence-corrected chi connectivity index (χ0v) is 23.8. The van der Waals surface area contributed by atoms with Crippen molar-refractivity contribution in [1.82, 2.24) is 9.80 Å². The molecule has 2 aromatic rings. The number of unbranched alkanes of at least 4 members (excludes halogenated alkanes) is 3. The van der Waals surface area contributed by atoms with Crippen molar-refractivity contribution < 1.29 is 27.6 Å². The fourth-order valence-electron chi connectivity index (χ4n) is 5.31. The molecule has 1 saturated heterocycles. The number of hydrogen-bond donors (Lipinski definition) is 1. The summed E-state index contributed by atoms with van der Waals surface area (Å²) in [4.78, 5) is 43.3. The van der Waals surface area contributed by atoms with E-state index in [9.17, 15) is 27.6 Å². The second-order valence-corrected chi connectivity index (χ2v) is 10.7. The summed E-state index contributed by atoms with van der Waals surface area (Å²) < 4.78 is 40.2. The molecule has 0 aliphatic carbocycles. The number of halogens is 3. The summed E-state index contributed by atoms with van der Waals surface area (Å²) in [6, 6.07) is 12.0. The molecule has 0 spiro atoms. The number of piperazine rings is 1. The standard InChI is InChI=1S/C31H34F3N5O3/c1-21-8-7-9-24(18-21)36-30(42)38-16-14-37(15-17-38)13-6-4-3-5-10-26-22(2)28(40)39(29(26)41)25-12-11-23(20-35)27(19-25)31(32,33)34/h7-9,11-12,18-19H,3-6,10,13-17H2,1-2H3,(H,36,42). The molecule has 11 heteroatoms. The lowest BCUT2D eigenvalue weighted by molar-refractivity contribution is -0.138. The molecule has 2 aliphatic rings. The molecule has 0 aromatic heterocycles. The number of aryl methyl sites for hydroxylation is 1. The van der Waals surface area contributed by atoms with E-state index in [1.54, 1.807) is 0 Å². The Kier molecular flexibility index (Phi) is 9.68. The summed E-state index contributed by atoms with van der Waals surface area (Å²) in [5.74, 6) is -1.25. The summed E-state index contributed by atoms with van der Waals surface area (Å²) in [7, 11) is 0. The third-order valence-corrected chi connectivity index (χ3v) is 7.70. The Morgan fingerprint density at radius 2 is 1.67 bits per heavy atom. The van der Waals surface area contributed by atoms with Crippen LogP contribution in [0.5, 0.6) is 0 Å². The largest absolute Gasteiger partial charge is 0.417 e. The number of carbonyl (C=O) groups excluding carboxylic acids is 3. The first-order chi connectivity index (χ1) is 20.0. The summed E-state index contributed by atoms with van der Waals surface area (Å²) >= 11 is 0. The molecule has 2 aromatic carbocycles. The summed E-state index contributed by atoms with van der Waals surface area (Å²) in [5.41, 5.74) is 0.482. The van der Waals surface area contributed by atoms with Gasteiger partial charge in [-0.3, -0.25) is 14.5 Å². The Bertz CT molecular complexity index is 1420. The molecule has 0 atom stereocenters. The second-order valence-electron chi connectivity index (χ2n) is 10.7. The van der Waals surface area contributed by atoms with E-state index in [4.69, 9.17) is 5.26 Å². The fraction of sp³-hybridized carbons (Fsp3) is 0.419. The van der Waals surface area contributed by atoms with Gasteiger partial charge in [-0.05, 0) is 75.5 Å². The van der Waals surface area contributed by atoms with Gasteiger partial charge in [-0.1, -0.05) is 25.0 Å². The van der Waals surface area contributed by atoms with E-state index in [-0.39, 0.29) is 17.3 Å². The molecule has 2 aliphatic heterocycles. The molecule has 42 heavy (non-hydrogen) atoms. The highest BCUT2D eigenvalue weighted by Gasteiger charge is 2.39. The Labute approximate surface area is 243 Å². The number of urea groups is 1. The van der Waals surface area contributed by atoms with Crippen molar-refractivity contribution >= 4 is 29.2 Å². The normalized spacial score (nSPS) is 16.3. The summed E-state index contributed by atoms with van der Waals surface area (Å²) in [5, 5.41) is 12.0. The maximum Gasteiger partial charge on any atom is 0.417 e. The highest BCUT2D eigenvalue weighted by molar-refractivity contribution is 6.32. The summed E-state index contributed by atoms with van der Waals surface area (Å²) in [6.07, 6.45) is -1.03. The minimum absolute atomic E-state index is 0.0941. The van der Waals surface area contributed by atoms with E-state index in [1.807, 2.05) is 36.1 Å². The highest BCUT2D eigenvalue weighted by Crippen LogP contribution is 2.37. The van der Waals surface area contributed by atoms with Crippen LogP contribution in [-0.2, 0) is 15.8 Å². The molecule has 1 fully saturated rings. The molecule has 2 heterocycles. The van der Waals surface area contributed by atoms with Crippen LogP contribution in [0.1, 0.15) is 55.7 Å². The van der Waals surface area contributed by atoms with Crippen molar-refractivity contribution in [3.05, 3.63) is 70.3 Å². The number of hydrogen-bond acceptors (Lipinski definition) is 5. The molecule has 4 amide bonds. The van der Waals surface area contributed by atoms with Gasteiger partial charge in [0.25, 0.3) is 11.8 Å². The smallest absolute Gasteiger partial charge is 0.322 e. The number of amides is 4. The first-order valence-corrected chi connectivity index (χ1v) is 14.0. The van der Waals surface area contributed by atoms with Gasteiger partial charge < -0.3 is 10.2 Å². The van der Waals surface area contributed by atoms with Gasteiger partial charge in [-0.2, -0.15) is 18.4 Å². The number of imide groups is 1. The first kappa shape index (κ1) is 30.8. The van der Waals surface area contributed by atoms with Crippen LogP contribution in [0.3, 0.4) is 0 Å². The van der Waals surface area contributed by atoms with Gasteiger partial charge in [0, 0.05) is 43.0 Å². The first-order valence-electron chi connectivity index (χ1n) is 14.0. The Balaban J connectivity index is 1.18. The molecule has 8 nitrogen and oxygen atoms in total. The van der Waals surface area contributed by atoms with Crippen molar-refractivity contribution in [3.8, 4) is 6.07 Å². The van der Waals surface area contributed by atoms with Crippen molar-refractivity contribution in [2.75, 3.05) is 42.9 Å². The fourth-order valence-corrected chi connectivity index (χ4v) is 5.31. The molecule has 4 rings (SSSR count). The SMILES string of the molecule is CC1=C(CCCCCCN2CCN(C(=O)Nc3cccc(C)c3)CC2)C(=O)N(c2ccc(C#N)c(C(F)(F)F)c2)C1=O. The maximum absolute atomic E-state index is 13.4. The van der Waals surface area contributed by atoms with Crippen LogP contribution >= 0.6 is 0 Å². The van der Waals surface area contributed by atoms with Crippen LogP contribution in [0.25, 0.3) is 0 Å². The van der Waals surface area contributed by atoms with Gasteiger partial charge in [-0.25, -0.2) is 9.69 Å². The average Bonchev–Trinajstić information content (AvgIpc) is 3.17. The molecule has 0 radical (unpaired) electrons. The Hall–Kier alpha value is -4.17. The third-order valence-electron chi connectivity index (χ3n) is 7.70. The van der Waals surface area contributed by atoms with Gasteiger partial charge in [0.15, 0.2) is 0 Å². The van der Waals surface area contributed by atoms with Crippen molar-refractivity contribution in [1.29, 1.82) is 5.26 Å². The van der Waals surface area contributed by atoms with E-state index >= 15 is 0 Å². The van der Waals surface area contributed by atoms with Gasteiger partial charge in [-0.15, -0.1) is 0 Å². The van der Waals surface area contributed by atoms with E-state index < -0.39 is 29.1 Å². The van der Waals surface area contributed by atoms with E-state index in [2.05, 4.69) is 10.2 Å². The van der Waals surface area contributed by atoms with Gasteiger partial charge in [0.1, 0.15) is 0 Å². The maximum atomic E-state index is 13.4. The highest BCUT2D eigenvalue weighted by atomic mass is 19.4. The minimum atomic E-state index is -4.79. The molecular formula is C31H34F3N5O3. The van der Waals surface area contributed by atoms with Crippen LogP contribution in [0.4, 0.5) is 29.3 Å². The number of alkyl halides is 3. The Morgan fingerprint density at radius 1 is 0.952 bits per heavy atom. The number of rotatable bonds is 9. The van der Waals surface area contributed by atoms with Crippen molar-refractivity contribution in [2.45, 2.75) is 52.1 Å². The van der Waals surface area contributed by atoms with Crippen LogP contribution in [0.2, 0.25) is 0 Å². The van der Waals surface area contributed by atoms with Crippen molar-refractivity contribution in [2.24, 2.45) is 0 Å². The quantitative estimate of drug-likeness (QED) is 0.295. The molecule has 0 unspecified atom stereocenters. The lowest BCUT2D eigenvalue weighted by atomic mass is 10.0. The number of anilines is 2. The van der Waals surface area contributed by atoms with Gasteiger partial charge in [0.05, 0.1) is 22.9 Å². The predicted molar refractivity (Wildman–Crippen MR) is 153 cm³/mol. The number of benzene rings is 2. The monoisotopic (exact) mass is 581 g/mol. The third kappa shape index (κ3) is 7.18. The zero-order chi connectivity index (χ0) is 30.4. The van der Waals surface area contributed by atoms with Gasteiger partial charge >= 0.3 is 12.2 Å². The molecule has 0 bridgehead atoms. The van der Waals surface area contributed by atoms with E-state index in [0.717, 1.165) is 61.1 Å². The number of carbonyl (C=O) groups is 3. The average molecular weight is 582 g/mol. The Morgan fingerprint density at radius 3 is 2.33 bits per heavy atom. The second kappa shape index (κ2) is 13.2. The van der Waals surface area contributed by atoms with E-state index in [0.29, 0.717) is 37.6 Å². The zero-order valence-electron chi connectivity index (χ0n) is 23.8.